The Labute approximate surface area is 148 Å². The number of aliphatic imine (C=N–C) groups is 1. The zero-order chi connectivity index (χ0) is 18.2. The highest BCUT2D eigenvalue weighted by Gasteiger charge is 2.27. The van der Waals surface area contributed by atoms with Crippen molar-refractivity contribution in [3.8, 4) is 0 Å². The minimum Gasteiger partial charge on any atom is -0.356 e. The number of hydrogen-bond acceptors (Lipinski definition) is 2. The Kier molecular flexibility index (Phi) is 8.57. The second-order valence-electron chi connectivity index (χ2n) is 8.53. The highest BCUT2D eigenvalue weighted by molar-refractivity contribution is 5.81. The predicted molar refractivity (Wildman–Crippen MR) is 102 cm³/mol. The normalized spacial score (nSPS) is 22.4. The molecule has 1 amide bonds. The van der Waals surface area contributed by atoms with Gasteiger partial charge in [-0.25, -0.2) is 0 Å². The van der Waals surface area contributed by atoms with E-state index in [1.165, 1.54) is 6.42 Å². The minimum absolute atomic E-state index is 0.123. The van der Waals surface area contributed by atoms with Crippen LogP contribution in [0.25, 0.3) is 0 Å². The number of rotatable bonds is 6. The monoisotopic (exact) mass is 338 g/mol. The lowest BCUT2D eigenvalue weighted by Gasteiger charge is -2.30. The van der Waals surface area contributed by atoms with Crippen LogP contribution in [0, 0.1) is 11.3 Å². The van der Waals surface area contributed by atoms with Gasteiger partial charge in [0.05, 0.1) is 0 Å². The number of guanidine groups is 1. The summed E-state index contributed by atoms with van der Waals surface area (Å²) in [5, 5.41) is 9.95. The van der Waals surface area contributed by atoms with Gasteiger partial charge in [0.1, 0.15) is 0 Å². The average Bonchev–Trinajstić information content (AvgIpc) is 2.49. The van der Waals surface area contributed by atoms with Crippen LogP contribution in [0.3, 0.4) is 0 Å². The molecule has 1 saturated carbocycles. The zero-order valence-corrected chi connectivity index (χ0v) is 16.5. The molecule has 1 aliphatic rings. The molecule has 5 nitrogen and oxygen atoms in total. The van der Waals surface area contributed by atoms with Gasteiger partial charge in [-0.2, -0.15) is 0 Å². The van der Waals surface area contributed by atoms with Crippen LogP contribution in [0.2, 0.25) is 0 Å². The second-order valence-corrected chi connectivity index (χ2v) is 8.53. The van der Waals surface area contributed by atoms with E-state index in [9.17, 15) is 4.79 Å². The molecule has 0 bridgehead atoms. The predicted octanol–water partition coefficient (Wildman–Crippen LogP) is 3.06. The van der Waals surface area contributed by atoms with Crippen molar-refractivity contribution in [3.05, 3.63) is 0 Å². The fourth-order valence-electron chi connectivity index (χ4n) is 3.17. The summed E-state index contributed by atoms with van der Waals surface area (Å²) >= 11 is 0. The molecular weight excluding hydrogens is 300 g/mol. The third kappa shape index (κ3) is 8.55. The Balaban J connectivity index is 2.38. The maximum Gasteiger partial charge on any atom is 0.223 e. The van der Waals surface area contributed by atoms with Crippen molar-refractivity contribution in [2.45, 2.75) is 85.2 Å². The van der Waals surface area contributed by atoms with Crippen LogP contribution < -0.4 is 16.0 Å². The van der Waals surface area contributed by atoms with Crippen molar-refractivity contribution in [2.24, 2.45) is 16.3 Å². The summed E-state index contributed by atoms with van der Waals surface area (Å²) in [5.74, 6) is 1.18. The molecule has 2 atom stereocenters. The lowest BCUT2D eigenvalue weighted by Crippen LogP contribution is -2.47. The summed E-state index contributed by atoms with van der Waals surface area (Å²) in [6, 6.07) is 0.540. The first kappa shape index (κ1) is 20.8. The van der Waals surface area contributed by atoms with Crippen LogP contribution in [-0.2, 0) is 4.79 Å². The molecule has 140 valence electrons. The zero-order valence-electron chi connectivity index (χ0n) is 16.5. The molecule has 1 aliphatic carbocycles. The largest absolute Gasteiger partial charge is 0.356 e. The van der Waals surface area contributed by atoms with Crippen LogP contribution in [-0.4, -0.2) is 37.5 Å². The van der Waals surface area contributed by atoms with Gasteiger partial charge in [-0.05, 0) is 51.4 Å². The quantitative estimate of drug-likeness (QED) is 0.396. The van der Waals surface area contributed by atoms with Crippen molar-refractivity contribution in [3.63, 3.8) is 0 Å². The first-order chi connectivity index (χ1) is 11.2. The number of hydrogen-bond donors (Lipinski definition) is 3. The average molecular weight is 339 g/mol. The third-order valence-corrected chi connectivity index (χ3v) is 4.44. The number of carbonyl (C=O) groups excluding carboxylic acids is 1. The van der Waals surface area contributed by atoms with Crippen molar-refractivity contribution in [1.82, 2.24) is 16.0 Å². The van der Waals surface area contributed by atoms with E-state index in [1.807, 2.05) is 20.9 Å². The Morgan fingerprint density at radius 1 is 1.25 bits per heavy atom. The van der Waals surface area contributed by atoms with E-state index in [1.54, 1.807) is 0 Å². The number of nitrogens with zero attached hydrogens (tertiary/aromatic N) is 1. The van der Waals surface area contributed by atoms with Crippen molar-refractivity contribution in [2.75, 3.05) is 13.6 Å². The molecule has 0 aliphatic heterocycles. The van der Waals surface area contributed by atoms with Crippen LogP contribution in [0.5, 0.6) is 0 Å². The lowest BCUT2D eigenvalue weighted by molar-refractivity contribution is -0.126. The van der Waals surface area contributed by atoms with Crippen LogP contribution >= 0.6 is 0 Å². The summed E-state index contributed by atoms with van der Waals surface area (Å²) < 4.78 is 0. The van der Waals surface area contributed by atoms with E-state index >= 15 is 0 Å². The first-order valence-corrected chi connectivity index (χ1v) is 9.49. The van der Waals surface area contributed by atoms with Gasteiger partial charge in [-0.15, -0.1) is 0 Å². The van der Waals surface area contributed by atoms with Crippen LogP contribution in [0.4, 0.5) is 0 Å². The molecule has 5 heteroatoms. The van der Waals surface area contributed by atoms with Gasteiger partial charge in [0.15, 0.2) is 5.96 Å². The molecule has 1 rings (SSSR count). The van der Waals surface area contributed by atoms with Gasteiger partial charge in [-0.3, -0.25) is 9.79 Å². The van der Waals surface area contributed by atoms with Crippen molar-refractivity contribution in [1.29, 1.82) is 0 Å². The highest BCUT2D eigenvalue weighted by Crippen LogP contribution is 2.24. The molecule has 0 radical (unpaired) electrons. The second kappa shape index (κ2) is 9.90. The maximum absolute atomic E-state index is 12.2. The summed E-state index contributed by atoms with van der Waals surface area (Å²) in [5.41, 5.74) is 0.374. The smallest absolute Gasteiger partial charge is 0.223 e. The van der Waals surface area contributed by atoms with Crippen molar-refractivity contribution < 1.29 is 4.79 Å². The SMILES string of the molecule is CN=C(NCCCC(C)(C)C)NC1CCCC(C(=O)NC(C)C)C1. The topological polar surface area (TPSA) is 65.5 Å². The van der Waals surface area contributed by atoms with Crippen LogP contribution in [0.1, 0.15) is 73.1 Å². The summed E-state index contributed by atoms with van der Waals surface area (Å²) in [6.07, 6.45) is 6.41. The van der Waals surface area contributed by atoms with E-state index in [0.717, 1.165) is 44.6 Å². The van der Waals surface area contributed by atoms with Gasteiger partial charge in [0.2, 0.25) is 5.91 Å². The standard InChI is InChI=1S/C19H38N4O/c1-14(2)22-17(24)15-9-7-10-16(13-15)23-18(20-6)21-12-8-11-19(3,4)5/h14-16H,7-13H2,1-6H3,(H,22,24)(H2,20,21,23). The lowest BCUT2D eigenvalue weighted by atomic mass is 9.85. The van der Waals surface area contributed by atoms with Crippen LogP contribution in [0.15, 0.2) is 4.99 Å². The Bertz CT molecular complexity index is 412. The van der Waals surface area contributed by atoms with Gasteiger partial charge in [0, 0.05) is 31.6 Å². The van der Waals surface area contributed by atoms with E-state index in [4.69, 9.17) is 0 Å². The van der Waals surface area contributed by atoms with Gasteiger partial charge in [-0.1, -0.05) is 27.2 Å². The molecule has 0 spiro atoms. The fourth-order valence-corrected chi connectivity index (χ4v) is 3.17. The van der Waals surface area contributed by atoms with E-state index < -0.39 is 0 Å². The molecule has 0 aromatic heterocycles. The molecular formula is C19H38N4O. The summed E-state index contributed by atoms with van der Waals surface area (Å²) in [4.78, 5) is 16.6. The van der Waals surface area contributed by atoms with E-state index in [-0.39, 0.29) is 17.9 Å². The summed E-state index contributed by atoms with van der Waals surface area (Å²) in [7, 11) is 1.81. The molecule has 0 heterocycles. The van der Waals surface area contributed by atoms with E-state index in [0.29, 0.717) is 11.5 Å². The third-order valence-electron chi connectivity index (χ3n) is 4.44. The molecule has 0 saturated heterocycles. The molecule has 2 unspecified atom stereocenters. The number of carbonyl (C=O) groups is 1. The highest BCUT2D eigenvalue weighted by atomic mass is 16.1. The fraction of sp³-hybridized carbons (Fsp3) is 0.895. The number of amides is 1. The first-order valence-electron chi connectivity index (χ1n) is 9.49. The van der Waals surface area contributed by atoms with Gasteiger partial charge >= 0.3 is 0 Å². The Morgan fingerprint density at radius 2 is 1.96 bits per heavy atom. The minimum atomic E-state index is 0.123. The summed E-state index contributed by atoms with van der Waals surface area (Å²) in [6.45, 7) is 11.8. The van der Waals surface area contributed by atoms with Crippen molar-refractivity contribution >= 4 is 11.9 Å². The molecule has 24 heavy (non-hydrogen) atoms. The van der Waals surface area contributed by atoms with E-state index in [2.05, 4.69) is 41.7 Å². The Hall–Kier alpha value is -1.26. The molecule has 1 fully saturated rings. The molecule has 0 aromatic carbocycles. The molecule has 3 N–H and O–H groups in total. The van der Waals surface area contributed by atoms with Gasteiger partial charge in [0.25, 0.3) is 0 Å². The maximum atomic E-state index is 12.2. The van der Waals surface area contributed by atoms with Gasteiger partial charge < -0.3 is 16.0 Å². The number of nitrogens with one attached hydrogen (secondary N) is 3. The Morgan fingerprint density at radius 3 is 2.54 bits per heavy atom. The molecule has 0 aromatic rings.